The topological polar surface area (TPSA) is 96.0 Å². The van der Waals surface area contributed by atoms with E-state index in [9.17, 15) is 18.0 Å². The van der Waals surface area contributed by atoms with Gasteiger partial charge in [-0.25, -0.2) is 8.42 Å². The van der Waals surface area contributed by atoms with Crippen LogP contribution in [0.4, 0.5) is 5.69 Å². The van der Waals surface area contributed by atoms with Crippen molar-refractivity contribution in [1.29, 1.82) is 0 Å². The number of nitrogens with one attached hydrogen (secondary N) is 1. The van der Waals surface area contributed by atoms with Gasteiger partial charge in [-0.3, -0.25) is 13.9 Å². The second-order valence-corrected chi connectivity index (χ2v) is 12.6. The number of methoxy groups -OCH3 is 1. The van der Waals surface area contributed by atoms with Crippen LogP contribution in [-0.2, 0) is 26.2 Å². The predicted octanol–water partition coefficient (Wildman–Crippen LogP) is 5.27. The van der Waals surface area contributed by atoms with Gasteiger partial charge >= 0.3 is 0 Å². The lowest BCUT2D eigenvalue weighted by Gasteiger charge is -2.35. The Kier molecular flexibility index (Phi) is 10.2. The molecule has 0 aromatic heterocycles. The van der Waals surface area contributed by atoms with Crippen molar-refractivity contribution < 1.29 is 22.7 Å². The number of benzene rings is 3. The number of carbonyl (C=O) groups excluding carboxylic acids is 2. The summed E-state index contributed by atoms with van der Waals surface area (Å²) in [6.45, 7) is 6.93. The summed E-state index contributed by atoms with van der Waals surface area (Å²) in [5, 5.41) is 3.23. The molecule has 8 nitrogen and oxygen atoms in total. The largest absolute Gasteiger partial charge is 0.495 e. The van der Waals surface area contributed by atoms with Gasteiger partial charge in [-0.05, 0) is 63.1 Å². The molecule has 0 aliphatic rings. The summed E-state index contributed by atoms with van der Waals surface area (Å²) in [5.74, 6) is -0.651. The molecule has 0 aliphatic carbocycles. The number of hydrogen-bond donors (Lipinski definition) is 1. The molecule has 0 heterocycles. The molecule has 0 bridgehead atoms. The Balaban J connectivity index is 2.12. The third-order valence-electron chi connectivity index (χ3n) is 6.10. The molecule has 1 atom stereocenters. The Labute approximate surface area is 241 Å². The van der Waals surface area contributed by atoms with Gasteiger partial charge in [0.1, 0.15) is 18.3 Å². The first-order chi connectivity index (χ1) is 18.9. The Morgan fingerprint density at radius 2 is 1.57 bits per heavy atom. The third kappa shape index (κ3) is 7.76. The smallest absolute Gasteiger partial charge is 0.264 e. The molecule has 3 aromatic carbocycles. The first-order valence-corrected chi connectivity index (χ1v) is 14.8. The van der Waals surface area contributed by atoms with Crippen molar-refractivity contribution in [1.82, 2.24) is 10.2 Å². The summed E-state index contributed by atoms with van der Waals surface area (Å²) in [6.07, 6.45) is 0.326. The first-order valence-electron chi connectivity index (χ1n) is 12.9. The number of nitrogens with zero attached hydrogens (tertiary/aromatic N) is 2. The van der Waals surface area contributed by atoms with Crippen molar-refractivity contribution in [3.63, 3.8) is 0 Å². The molecular weight excluding hydrogens is 550 g/mol. The van der Waals surface area contributed by atoms with Crippen LogP contribution in [-0.4, -0.2) is 50.4 Å². The minimum Gasteiger partial charge on any atom is -0.495 e. The number of halogens is 1. The van der Waals surface area contributed by atoms with Gasteiger partial charge in [0.05, 0.1) is 17.7 Å². The summed E-state index contributed by atoms with van der Waals surface area (Å²) in [5.41, 5.74) is 0.387. The van der Waals surface area contributed by atoms with Gasteiger partial charge in [-0.1, -0.05) is 67.1 Å². The maximum absolute atomic E-state index is 14.1. The van der Waals surface area contributed by atoms with Gasteiger partial charge in [-0.2, -0.15) is 0 Å². The fourth-order valence-corrected chi connectivity index (χ4v) is 5.85. The minimum absolute atomic E-state index is 0.00282. The SMILES string of the molecule is CC[C@H](C(=O)NC(C)(C)C)N(Cc1ccccc1)C(=O)CN(c1cc(Cl)ccc1OC)S(=O)(=O)c1ccccc1. The monoisotopic (exact) mass is 585 g/mol. The zero-order valence-corrected chi connectivity index (χ0v) is 25.0. The molecule has 0 aliphatic heterocycles. The maximum atomic E-state index is 14.1. The Morgan fingerprint density at radius 3 is 2.12 bits per heavy atom. The number of carbonyl (C=O) groups is 2. The van der Waals surface area contributed by atoms with Crippen molar-refractivity contribution in [3.8, 4) is 5.75 Å². The van der Waals surface area contributed by atoms with Crippen molar-refractivity contribution in [2.75, 3.05) is 18.0 Å². The molecule has 1 N–H and O–H groups in total. The van der Waals surface area contributed by atoms with E-state index in [1.54, 1.807) is 30.3 Å². The maximum Gasteiger partial charge on any atom is 0.264 e. The number of rotatable bonds is 11. The molecule has 3 aromatic rings. The Morgan fingerprint density at radius 1 is 0.975 bits per heavy atom. The number of hydrogen-bond acceptors (Lipinski definition) is 5. The van der Waals surface area contributed by atoms with Crippen molar-refractivity contribution >= 4 is 39.1 Å². The van der Waals surface area contributed by atoms with E-state index in [0.29, 0.717) is 6.42 Å². The molecule has 0 saturated heterocycles. The highest BCUT2D eigenvalue weighted by Crippen LogP contribution is 2.35. The highest BCUT2D eigenvalue weighted by atomic mass is 35.5. The van der Waals surface area contributed by atoms with Crippen LogP contribution in [0.3, 0.4) is 0 Å². The number of amides is 2. The molecule has 40 heavy (non-hydrogen) atoms. The molecule has 3 rings (SSSR count). The fraction of sp³-hybridized carbons (Fsp3) is 0.333. The lowest BCUT2D eigenvalue weighted by Crippen LogP contribution is -2.55. The van der Waals surface area contributed by atoms with Crippen molar-refractivity contribution in [2.24, 2.45) is 0 Å². The van der Waals surface area contributed by atoms with Crippen LogP contribution in [0.1, 0.15) is 39.7 Å². The van der Waals surface area contributed by atoms with Gasteiger partial charge in [-0.15, -0.1) is 0 Å². The summed E-state index contributed by atoms with van der Waals surface area (Å²) < 4.78 is 34.4. The molecule has 0 saturated carbocycles. The summed E-state index contributed by atoms with van der Waals surface area (Å²) in [4.78, 5) is 28.9. The zero-order valence-electron chi connectivity index (χ0n) is 23.4. The first kappa shape index (κ1) is 31.0. The second kappa shape index (κ2) is 13.2. The number of anilines is 1. The van der Waals surface area contributed by atoms with Gasteiger partial charge in [0.15, 0.2) is 0 Å². The van der Waals surface area contributed by atoms with Crippen LogP contribution in [0, 0.1) is 0 Å². The van der Waals surface area contributed by atoms with Crippen LogP contribution < -0.4 is 14.4 Å². The van der Waals surface area contributed by atoms with Gasteiger partial charge in [0, 0.05) is 17.1 Å². The summed E-state index contributed by atoms with van der Waals surface area (Å²) in [6, 6.07) is 20.8. The van der Waals surface area contributed by atoms with E-state index in [1.165, 1.54) is 30.2 Å². The summed E-state index contributed by atoms with van der Waals surface area (Å²) in [7, 11) is -2.83. The molecule has 2 amide bonds. The fourth-order valence-electron chi connectivity index (χ4n) is 4.24. The van der Waals surface area contributed by atoms with Crippen LogP contribution in [0.15, 0.2) is 83.8 Å². The molecule has 0 spiro atoms. The average Bonchev–Trinajstić information content (AvgIpc) is 2.91. The van der Waals surface area contributed by atoms with Crippen LogP contribution in [0.2, 0.25) is 5.02 Å². The van der Waals surface area contributed by atoms with E-state index >= 15 is 0 Å². The van der Waals surface area contributed by atoms with E-state index in [0.717, 1.165) is 9.87 Å². The zero-order chi connectivity index (χ0) is 29.5. The van der Waals surface area contributed by atoms with Crippen molar-refractivity contribution in [3.05, 3.63) is 89.4 Å². The molecule has 214 valence electrons. The van der Waals surface area contributed by atoms with Gasteiger partial charge in [0.25, 0.3) is 10.0 Å². The van der Waals surface area contributed by atoms with E-state index < -0.39 is 34.1 Å². The quantitative estimate of drug-likeness (QED) is 0.331. The van der Waals surface area contributed by atoms with E-state index in [-0.39, 0.29) is 33.8 Å². The molecule has 0 fully saturated rings. The van der Waals surface area contributed by atoms with Gasteiger partial charge in [0.2, 0.25) is 11.8 Å². The van der Waals surface area contributed by atoms with Crippen LogP contribution in [0.5, 0.6) is 5.75 Å². The Bertz CT molecular complexity index is 1410. The average molecular weight is 586 g/mol. The molecule has 0 unspecified atom stereocenters. The lowest BCUT2D eigenvalue weighted by atomic mass is 10.1. The summed E-state index contributed by atoms with van der Waals surface area (Å²) >= 11 is 6.27. The third-order valence-corrected chi connectivity index (χ3v) is 8.11. The highest BCUT2D eigenvalue weighted by molar-refractivity contribution is 7.92. The lowest BCUT2D eigenvalue weighted by molar-refractivity contribution is -0.141. The normalized spacial score (nSPS) is 12.3. The number of ether oxygens (including phenoxy) is 1. The van der Waals surface area contributed by atoms with Gasteiger partial charge < -0.3 is 15.0 Å². The van der Waals surface area contributed by atoms with E-state index in [1.807, 2.05) is 58.0 Å². The molecule has 0 radical (unpaired) electrons. The standard InChI is InChI=1S/C30H36ClN3O5S/c1-6-25(29(36)32-30(2,3)4)33(20-22-13-9-7-10-14-22)28(35)21-34(26-19-23(31)17-18-27(26)39-5)40(37,38)24-15-11-8-12-16-24/h7-19,25H,6,20-21H2,1-5H3,(H,32,36)/t25-/m1/s1. The molecule has 10 heteroatoms. The highest BCUT2D eigenvalue weighted by Gasteiger charge is 2.35. The number of sulfonamides is 1. The second-order valence-electron chi connectivity index (χ2n) is 10.3. The van der Waals surface area contributed by atoms with Crippen LogP contribution in [0.25, 0.3) is 0 Å². The van der Waals surface area contributed by atoms with Crippen LogP contribution >= 0.6 is 11.6 Å². The molecular formula is C30H36ClN3O5S. The van der Waals surface area contributed by atoms with E-state index in [4.69, 9.17) is 16.3 Å². The Hall–Kier alpha value is -3.56. The minimum atomic E-state index is -4.24. The predicted molar refractivity (Wildman–Crippen MR) is 158 cm³/mol. The van der Waals surface area contributed by atoms with Crippen molar-refractivity contribution in [2.45, 2.75) is 57.1 Å². The van der Waals surface area contributed by atoms with E-state index in [2.05, 4.69) is 5.32 Å².